The topological polar surface area (TPSA) is 66.4 Å². The molecule has 2 N–H and O–H groups in total. The Labute approximate surface area is 133 Å². The van der Waals surface area contributed by atoms with Crippen molar-refractivity contribution in [2.24, 2.45) is 5.92 Å². The summed E-state index contributed by atoms with van der Waals surface area (Å²) >= 11 is 3.40. The van der Waals surface area contributed by atoms with Crippen molar-refractivity contribution < 1.29 is 14.7 Å². The van der Waals surface area contributed by atoms with Crippen molar-refractivity contribution >= 4 is 27.8 Å². The third-order valence-electron chi connectivity index (χ3n) is 4.17. The Hall–Kier alpha value is -1.36. The highest BCUT2D eigenvalue weighted by molar-refractivity contribution is 9.10. The standard InChI is InChI=1S/C16H20BrNO3/c1-2-11(9-14(19)20)10-18-15(21)16(7-8-16)12-3-5-13(17)6-4-12/h3-6,11H,2,7-10H2,1H3,(H,18,21)(H,19,20). The number of carboxylic acids is 1. The van der Waals surface area contributed by atoms with Crippen LogP contribution in [0.2, 0.25) is 0 Å². The lowest BCUT2D eigenvalue weighted by Crippen LogP contribution is -2.38. The zero-order chi connectivity index (χ0) is 15.5. The van der Waals surface area contributed by atoms with Gasteiger partial charge in [0.1, 0.15) is 0 Å². The summed E-state index contributed by atoms with van der Waals surface area (Å²) in [5.41, 5.74) is 0.636. The van der Waals surface area contributed by atoms with Crippen LogP contribution in [0.15, 0.2) is 28.7 Å². The zero-order valence-corrected chi connectivity index (χ0v) is 13.6. The van der Waals surface area contributed by atoms with Crippen molar-refractivity contribution in [2.45, 2.75) is 38.0 Å². The molecule has 0 saturated heterocycles. The SMILES string of the molecule is CCC(CNC(=O)C1(c2ccc(Br)cc2)CC1)CC(=O)O. The van der Waals surface area contributed by atoms with Crippen LogP contribution in [-0.2, 0) is 15.0 Å². The van der Waals surface area contributed by atoms with Gasteiger partial charge in [-0.2, -0.15) is 0 Å². The second-order valence-corrected chi connectivity index (χ2v) is 6.59. The average molecular weight is 354 g/mol. The molecule has 1 saturated carbocycles. The molecule has 114 valence electrons. The first-order valence-corrected chi connectivity index (χ1v) is 8.03. The highest BCUT2D eigenvalue weighted by Crippen LogP contribution is 2.48. The van der Waals surface area contributed by atoms with E-state index in [-0.39, 0.29) is 18.2 Å². The molecule has 0 radical (unpaired) electrons. The third-order valence-corrected chi connectivity index (χ3v) is 4.70. The molecule has 1 aromatic rings. The number of nitrogens with one attached hydrogen (secondary N) is 1. The summed E-state index contributed by atoms with van der Waals surface area (Å²) in [5, 5.41) is 11.8. The molecule has 1 aliphatic carbocycles. The van der Waals surface area contributed by atoms with E-state index in [1.54, 1.807) is 0 Å². The first-order valence-electron chi connectivity index (χ1n) is 7.24. The number of benzene rings is 1. The molecule has 1 unspecified atom stereocenters. The molecular weight excluding hydrogens is 334 g/mol. The molecule has 1 fully saturated rings. The van der Waals surface area contributed by atoms with Gasteiger partial charge >= 0.3 is 5.97 Å². The van der Waals surface area contributed by atoms with Crippen molar-refractivity contribution in [3.05, 3.63) is 34.3 Å². The number of amides is 1. The summed E-state index contributed by atoms with van der Waals surface area (Å²) in [7, 11) is 0. The fourth-order valence-electron chi connectivity index (χ4n) is 2.55. The molecule has 2 rings (SSSR count). The summed E-state index contributed by atoms with van der Waals surface area (Å²) in [4.78, 5) is 23.2. The van der Waals surface area contributed by atoms with Crippen LogP contribution in [-0.4, -0.2) is 23.5 Å². The van der Waals surface area contributed by atoms with Crippen molar-refractivity contribution in [2.75, 3.05) is 6.54 Å². The molecule has 0 aromatic heterocycles. The Morgan fingerprint density at radius 3 is 2.43 bits per heavy atom. The maximum Gasteiger partial charge on any atom is 0.303 e. The van der Waals surface area contributed by atoms with Gasteiger partial charge in [-0.25, -0.2) is 0 Å². The van der Waals surface area contributed by atoms with E-state index < -0.39 is 11.4 Å². The summed E-state index contributed by atoms with van der Waals surface area (Å²) in [6.45, 7) is 2.38. The van der Waals surface area contributed by atoms with Gasteiger partial charge in [0.2, 0.25) is 5.91 Å². The number of hydrogen-bond acceptors (Lipinski definition) is 2. The lowest BCUT2D eigenvalue weighted by Gasteiger charge is -2.19. The maximum absolute atomic E-state index is 12.4. The molecule has 1 aromatic carbocycles. The molecule has 5 heteroatoms. The lowest BCUT2D eigenvalue weighted by atomic mass is 9.94. The Morgan fingerprint density at radius 1 is 1.33 bits per heavy atom. The van der Waals surface area contributed by atoms with Crippen LogP contribution >= 0.6 is 15.9 Å². The average Bonchev–Trinajstić information content (AvgIpc) is 3.25. The quantitative estimate of drug-likeness (QED) is 0.791. The molecule has 0 heterocycles. The second kappa shape index (κ2) is 6.60. The molecule has 1 atom stereocenters. The van der Waals surface area contributed by atoms with E-state index in [9.17, 15) is 9.59 Å². The van der Waals surface area contributed by atoms with Crippen LogP contribution in [0.3, 0.4) is 0 Å². The van der Waals surface area contributed by atoms with E-state index in [2.05, 4.69) is 21.2 Å². The largest absolute Gasteiger partial charge is 0.481 e. The maximum atomic E-state index is 12.4. The van der Waals surface area contributed by atoms with Gasteiger partial charge in [-0.1, -0.05) is 41.4 Å². The van der Waals surface area contributed by atoms with Gasteiger partial charge < -0.3 is 10.4 Å². The second-order valence-electron chi connectivity index (χ2n) is 5.67. The molecule has 21 heavy (non-hydrogen) atoms. The van der Waals surface area contributed by atoms with Crippen molar-refractivity contribution in [3.8, 4) is 0 Å². The molecule has 0 bridgehead atoms. The smallest absolute Gasteiger partial charge is 0.303 e. The van der Waals surface area contributed by atoms with Crippen LogP contribution in [0, 0.1) is 5.92 Å². The number of hydrogen-bond donors (Lipinski definition) is 2. The van der Waals surface area contributed by atoms with E-state index >= 15 is 0 Å². The van der Waals surface area contributed by atoms with Crippen LogP contribution in [0.25, 0.3) is 0 Å². The van der Waals surface area contributed by atoms with Crippen molar-refractivity contribution in [3.63, 3.8) is 0 Å². The number of carbonyl (C=O) groups excluding carboxylic acids is 1. The van der Waals surface area contributed by atoms with Crippen LogP contribution in [0.5, 0.6) is 0 Å². The Morgan fingerprint density at radius 2 is 1.95 bits per heavy atom. The first kappa shape index (κ1) is 16.0. The van der Waals surface area contributed by atoms with Gasteiger partial charge in [0.25, 0.3) is 0 Å². The summed E-state index contributed by atoms with van der Waals surface area (Å²) in [6.07, 6.45) is 2.56. The Bertz CT molecular complexity index is 523. The summed E-state index contributed by atoms with van der Waals surface area (Å²) < 4.78 is 0.995. The van der Waals surface area contributed by atoms with Gasteiger partial charge in [0.05, 0.1) is 5.41 Å². The van der Waals surface area contributed by atoms with Gasteiger partial charge in [-0.15, -0.1) is 0 Å². The van der Waals surface area contributed by atoms with Crippen LogP contribution < -0.4 is 5.32 Å². The molecular formula is C16H20BrNO3. The van der Waals surface area contributed by atoms with Crippen LogP contribution in [0.4, 0.5) is 0 Å². The number of carbonyl (C=O) groups is 2. The highest BCUT2D eigenvalue weighted by atomic mass is 79.9. The monoisotopic (exact) mass is 353 g/mol. The van der Waals surface area contributed by atoms with Gasteiger partial charge in [-0.3, -0.25) is 9.59 Å². The molecule has 4 nitrogen and oxygen atoms in total. The van der Waals surface area contributed by atoms with E-state index in [4.69, 9.17) is 5.11 Å². The van der Waals surface area contributed by atoms with Crippen LogP contribution in [0.1, 0.15) is 38.2 Å². The third kappa shape index (κ3) is 3.84. The number of aliphatic carboxylic acids is 1. The van der Waals surface area contributed by atoms with Gasteiger partial charge in [0, 0.05) is 17.4 Å². The minimum Gasteiger partial charge on any atom is -0.481 e. The van der Waals surface area contributed by atoms with Crippen molar-refractivity contribution in [1.82, 2.24) is 5.32 Å². The van der Waals surface area contributed by atoms with E-state index in [0.717, 1.165) is 29.3 Å². The Kier molecular flexibility index (Phi) is 5.04. The molecule has 0 spiro atoms. The summed E-state index contributed by atoms with van der Waals surface area (Å²) in [5.74, 6) is -0.800. The van der Waals surface area contributed by atoms with Crippen molar-refractivity contribution in [1.29, 1.82) is 0 Å². The summed E-state index contributed by atoms with van der Waals surface area (Å²) in [6, 6.07) is 7.85. The normalized spacial score (nSPS) is 17.0. The number of halogens is 1. The van der Waals surface area contributed by atoms with E-state index in [1.165, 1.54) is 0 Å². The fraction of sp³-hybridized carbons (Fsp3) is 0.500. The van der Waals surface area contributed by atoms with Gasteiger partial charge in [0.15, 0.2) is 0 Å². The number of rotatable bonds is 7. The Balaban J connectivity index is 1.96. The zero-order valence-electron chi connectivity index (χ0n) is 12.1. The minimum absolute atomic E-state index is 0.00725. The predicted octanol–water partition coefficient (Wildman–Crippen LogP) is 3.10. The van der Waals surface area contributed by atoms with E-state index in [0.29, 0.717) is 6.54 Å². The molecule has 1 aliphatic rings. The number of carboxylic acid groups (broad SMARTS) is 1. The molecule has 0 aliphatic heterocycles. The van der Waals surface area contributed by atoms with E-state index in [1.807, 2.05) is 31.2 Å². The highest BCUT2D eigenvalue weighted by Gasteiger charge is 2.51. The predicted molar refractivity (Wildman–Crippen MR) is 84.1 cm³/mol. The first-order chi connectivity index (χ1) is 9.98. The van der Waals surface area contributed by atoms with Gasteiger partial charge in [-0.05, 0) is 36.5 Å². The minimum atomic E-state index is -0.815. The fourth-order valence-corrected chi connectivity index (χ4v) is 2.82. The lowest BCUT2D eigenvalue weighted by molar-refractivity contribution is -0.138. The molecule has 1 amide bonds.